The van der Waals surface area contributed by atoms with Crippen molar-refractivity contribution >= 4 is 23.5 Å². The predicted octanol–water partition coefficient (Wildman–Crippen LogP) is 2.54. The first-order valence-electron chi connectivity index (χ1n) is 5.80. The van der Waals surface area contributed by atoms with E-state index in [1.165, 1.54) is 0 Å². The van der Waals surface area contributed by atoms with Crippen LogP contribution in [0.2, 0.25) is 5.02 Å². The summed E-state index contributed by atoms with van der Waals surface area (Å²) in [4.78, 5) is 14.8. The zero-order valence-corrected chi connectivity index (χ0v) is 10.6. The molecule has 0 saturated carbocycles. The number of benzene rings is 1. The molecule has 1 aromatic rings. The van der Waals surface area contributed by atoms with Crippen molar-refractivity contribution in [1.82, 2.24) is 0 Å². The van der Waals surface area contributed by atoms with Crippen LogP contribution in [0.15, 0.2) is 29.3 Å². The van der Waals surface area contributed by atoms with Crippen LogP contribution < -0.4 is 0 Å². The van der Waals surface area contributed by atoms with E-state index in [1.807, 2.05) is 24.3 Å². The molecule has 0 saturated heterocycles. The van der Waals surface area contributed by atoms with Crippen LogP contribution in [0.25, 0.3) is 0 Å². The number of aliphatic imine (C=N–C) groups is 1. The largest absolute Gasteiger partial charge is 0.481 e. The smallest absolute Gasteiger partial charge is 0.303 e. The second-order valence-corrected chi connectivity index (χ2v) is 4.60. The summed E-state index contributed by atoms with van der Waals surface area (Å²) in [6.45, 7) is 0.465. The van der Waals surface area contributed by atoms with E-state index >= 15 is 0 Å². The van der Waals surface area contributed by atoms with Crippen molar-refractivity contribution in [2.24, 2.45) is 4.99 Å². The van der Waals surface area contributed by atoms with Gasteiger partial charge in [0, 0.05) is 17.9 Å². The van der Waals surface area contributed by atoms with Crippen molar-refractivity contribution in [2.75, 3.05) is 6.61 Å². The number of nitrogens with zero attached hydrogens (tertiary/aromatic N) is 1. The van der Waals surface area contributed by atoms with Gasteiger partial charge in [0.1, 0.15) is 6.61 Å². The first-order chi connectivity index (χ1) is 8.65. The van der Waals surface area contributed by atoms with Crippen molar-refractivity contribution in [3.63, 3.8) is 0 Å². The molecule has 0 aromatic heterocycles. The summed E-state index contributed by atoms with van der Waals surface area (Å²) in [5.41, 5.74) is 0.969. The standard InChI is InChI=1S/C13H14ClNO3/c14-11-4-2-1-3-9(11)7-12-15-10(8-18-12)5-6-13(16)17/h1-4,10H,5-8H2,(H,16,17). The van der Waals surface area contributed by atoms with Gasteiger partial charge < -0.3 is 9.84 Å². The Labute approximate surface area is 110 Å². The minimum Gasteiger partial charge on any atom is -0.481 e. The molecule has 2 rings (SSSR count). The topological polar surface area (TPSA) is 58.9 Å². The third-order valence-electron chi connectivity index (χ3n) is 2.76. The number of aliphatic carboxylic acids is 1. The summed E-state index contributed by atoms with van der Waals surface area (Å²) in [6.07, 6.45) is 1.20. The lowest BCUT2D eigenvalue weighted by atomic mass is 10.1. The SMILES string of the molecule is O=C(O)CCC1COC(Cc2ccccc2Cl)=N1. The maximum Gasteiger partial charge on any atom is 0.303 e. The Morgan fingerprint density at radius 2 is 2.28 bits per heavy atom. The number of carboxylic acids is 1. The Hall–Kier alpha value is -1.55. The van der Waals surface area contributed by atoms with Crippen LogP contribution in [0.1, 0.15) is 18.4 Å². The van der Waals surface area contributed by atoms with Gasteiger partial charge in [-0.15, -0.1) is 0 Å². The van der Waals surface area contributed by atoms with Gasteiger partial charge in [-0.25, -0.2) is 4.99 Å². The van der Waals surface area contributed by atoms with Gasteiger partial charge >= 0.3 is 5.97 Å². The van der Waals surface area contributed by atoms with E-state index in [0.717, 1.165) is 5.56 Å². The molecule has 0 spiro atoms. The van der Waals surface area contributed by atoms with Crippen LogP contribution in [0, 0.1) is 0 Å². The normalized spacial score (nSPS) is 18.3. The Kier molecular flexibility index (Phi) is 4.20. The van der Waals surface area contributed by atoms with Crippen molar-refractivity contribution in [3.05, 3.63) is 34.9 Å². The molecule has 4 nitrogen and oxygen atoms in total. The van der Waals surface area contributed by atoms with E-state index in [2.05, 4.69) is 4.99 Å². The zero-order valence-electron chi connectivity index (χ0n) is 9.80. The highest BCUT2D eigenvalue weighted by Crippen LogP contribution is 2.19. The van der Waals surface area contributed by atoms with Crippen LogP contribution in [0.5, 0.6) is 0 Å². The fraction of sp³-hybridized carbons (Fsp3) is 0.385. The van der Waals surface area contributed by atoms with Crippen LogP contribution in [-0.4, -0.2) is 29.6 Å². The number of rotatable bonds is 5. The lowest BCUT2D eigenvalue weighted by Crippen LogP contribution is -2.09. The van der Waals surface area contributed by atoms with E-state index < -0.39 is 5.97 Å². The molecule has 1 aliphatic rings. The molecule has 1 atom stereocenters. The average molecular weight is 268 g/mol. The number of ether oxygens (including phenoxy) is 1. The third kappa shape index (κ3) is 3.47. The summed E-state index contributed by atoms with van der Waals surface area (Å²) in [6, 6.07) is 7.50. The van der Waals surface area contributed by atoms with Crippen molar-refractivity contribution in [3.8, 4) is 0 Å². The molecule has 0 bridgehead atoms. The Bertz CT molecular complexity index is 473. The van der Waals surface area contributed by atoms with Gasteiger partial charge in [0.05, 0.1) is 6.04 Å². The molecule has 0 fully saturated rings. The van der Waals surface area contributed by atoms with Gasteiger partial charge in [0.15, 0.2) is 5.90 Å². The number of halogens is 1. The first-order valence-corrected chi connectivity index (χ1v) is 6.17. The predicted molar refractivity (Wildman–Crippen MR) is 69.2 cm³/mol. The lowest BCUT2D eigenvalue weighted by Gasteiger charge is -2.03. The van der Waals surface area contributed by atoms with Crippen molar-refractivity contribution < 1.29 is 14.6 Å². The van der Waals surface area contributed by atoms with Crippen LogP contribution in [0.3, 0.4) is 0 Å². The summed E-state index contributed by atoms with van der Waals surface area (Å²) in [5.74, 6) is -0.164. The molecule has 5 heteroatoms. The highest BCUT2D eigenvalue weighted by atomic mass is 35.5. The Morgan fingerprint density at radius 1 is 1.50 bits per heavy atom. The van der Waals surface area contributed by atoms with Gasteiger partial charge in [-0.3, -0.25) is 4.79 Å². The van der Waals surface area contributed by atoms with Crippen molar-refractivity contribution in [1.29, 1.82) is 0 Å². The molecule has 0 amide bonds. The second-order valence-electron chi connectivity index (χ2n) is 4.19. The van der Waals surface area contributed by atoms with Gasteiger partial charge in [0.2, 0.25) is 0 Å². The molecule has 0 aliphatic carbocycles. The highest BCUT2D eigenvalue weighted by Gasteiger charge is 2.20. The average Bonchev–Trinajstić information content (AvgIpc) is 2.77. The summed E-state index contributed by atoms with van der Waals surface area (Å²) in [7, 11) is 0. The van der Waals surface area contributed by atoms with E-state index in [9.17, 15) is 4.79 Å². The molecule has 1 heterocycles. The van der Waals surface area contributed by atoms with Gasteiger partial charge in [-0.2, -0.15) is 0 Å². The maximum atomic E-state index is 10.5. The molecular weight excluding hydrogens is 254 g/mol. The fourth-order valence-corrected chi connectivity index (χ4v) is 2.01. The number of carboxylic acid groups (broad SMARTS) is 1. The summed E-state index contributed by atoms with van der Waals surface area (Å²) in [5, 5.41) is 9.30. The quantitative estimate of drug-likeness (QED) is 0.892. The van der Waals surface area contributed by atoms with E-state index in [4.69, 9.17) is 21.4 Å². The molecule has 1 N–H and O–H groups in total. The molecule has 0 radical (unpaired) electrons. The minimum atomic E-state index is -0.801. The van der Waals surface area contributed by atoms with Crippen LogP contribution in [0.4, 0.5) is 0 Å². The van der Waals surface area contributed by atoms with Crippen molar-refractivity contribution in [2.45, 2.75) is 25.3 Å². The highest BCUT2D eigenvalue weighted by molar-refractivity contribution is 6.31. The van der Waals surface area contributed by atoms with Gasteiger partial charge in [-0.1, -0.05) is 29.8 Å². The molecular formula is C13H14ClNO3. The molecule has 96 valence electrons. The minimum absolute atomic E-state index is 0.0430. The number of hydrogen-bond acceptors (Lipinski definition) is 3. The zero-order chi connectivity index (χ0) is 13.0. The van der Waals surface area contributed by atoms with Crippen LogP contribution >= 0.6 is 11.6 Å². The fourth-order valence-electron chi connectivity index (χ4n) is 1.81. The van der Waals surface area contributed by atoms with E-state index in [-0.39, 0.29) is 12.5 Å². The van der Waals surface area contributed by atoms with E-state index in [1.54, 1.807) is 0 Å². The summed E-state index contributed by atoms with van der Waals surface area (Å²) >= 11 is 6.05. The van der Waals surface area contributed by atoms with Crippen LogP contribution in [-0.2, 0) is 16.0 Å². The number of carbonyl (C=O) groups is 1. The Balaban J connectivity index is 1.93. The molecule has 1 aromatic carbocycles. The maximum absolute atomic E-state index is 10.5. The summed E-state index contributed by atoms with van der Waals surface area (Å²) < 4.78 is 5.46. The second kappa shape index (κ2) is 5.87. The van der Waals surface area contributed by atoms with Gasteiger partial charge in [-0.05, 0) is 18.1 Å². The molecule has 1 aliphatic heterocycles. The monoisotopic (exact) mass is 267 g/mol. The third-order valence-corrected chi connectivity index (χ3v) is 3.13. The number of hydrogen-bond donors (Lipinski definition) is 1. The first kappa shape index (κ1) is 12.9. The lowest BCUT2D eigenvalue weighted by molar-refractivity contribution is -0.137. The molecule has 18 heavy (non-hydrogen) atoms. The Morgan fingerprint density at radius 3 is 3.00 bits per heavy atom. The van der Waals surface area contributed by atoms with Gasteiger partial charge in [0.25, 0.3) is 0 Å². The van der Waals surface area contributed by atoms with E-state index in [0.29, 0.717) is 30.4 Å². The molecule has 1 unspecified atom stereocenters.